The van der Waals surface area contributed by atoms with Crippen molar-refractivity contribution in [3.8, 4) is 0 Å². The quantitative estimate of drug-likeness (QED) is 0.812. The minimum absolute atomic E-state index is 0.199. The van der Waals surface area contributed by atoms with Gasteiger partial charge in [-0.05, 0) is 30.7 Å². The van der Waals surface area contributed by atoms with Crippen molar-refractivity contribution < 1.29 is 18.3 Å². The number of thioether (sulfide) groups is 1. The average molecular weight is 303 g/mol. The molecule has 0 saturated carbocycles. The van der Waals surface area contributed by atoms with Gasteiger partial charge in [0.05, 0.1) is 4.90 Å². The minimum Gasteiger partial charge on any atom is -0.480 e. The Morgan fingerprint density at radius 1 is 1.32 bits per heavy atom. The lowest BCUT2D eigenvalue weighted by Gasteiger charge is -2.12. The van der Waals surface area contributed by atoms with Crippen molar-refractivity contribution in [2.75, 3.05) is 14.1 Å². The summed E-state index contributed by atoms with van der Waals surface area (Å²) in [7, 11) is -0.501. The summed E-state index contributed by atoms with van der Waals surface area (Å²) in [5.41, 5.74) is 0. The molecular weight excluding hydrogens is 286 g/mol. The third-order valence-electron chi connectivity index (χ3n) is 2.53. The summed E-state index contributed by atoms with van der Waals surface area (Å²) < 4.78 is 24.8. The van der Waals surface area contributed by atoms with Gasteiger partial charge in [0.2, 0.25) is 10.0 Å². The van der Waals surface area contributed by atoms with Crippen molar-refractivity contribution in [2.45, 2.75) is 28.4 Å². The fourth-order valence-corrected chi connectivity index (χ4v) is 3.16. The maximum absolute atomic E-state index is 11.9. The Labute approximate surface area is 117 Å². The Morgan fingerprint density at radius 2 is 1.84 bits per heavy atom. The number of carbonyl (C=O) groups is 1. The molecule has 1 rings (SSSR count). The lowest BCUT2D eigenvalue weighted by atomic mass is 10.3. The highest BCUT2D eigenvalue weighted by Crippen LogP contribution is 2.27. The van der Waals surface area contributed by atoms with E-state index in [0.717, 1.165) is 9.20 Å². The molecule has 1 aromatic rings. The summed E-state index contributed by atoms with van der Waals surface area (Å²) in [5.74, 6) is -0.863. The van der Waals surface area contributed by atoms with Crippen LogP contribution in [0.2, 0.25) is 0 Å². The molecule has 1 atom stereocenters. The third-order valence-corrected chi connectivity index (χ3v) is 5.72. The number of rotatable bonds is 6. The van der Waals surface area contributed by atoms with Crippen molar-refractivity contribution in [2.24, 2.45) is 0 Å². The van der Waals surface area contributed by atoms with Gasteiger partial charge in [0.25, 0.3) is 0 Å². The van der Waals surface area contributed by atoms with Gasteiger partial charge in [-0.25, -0.2) is 12.7 Å². The van der Waals surface area contributed by atoms with Crippen LogP contribution in [0.3, 0.4) is 0 Å². The number of aliphatic carboxylic acids is 1. The first-order valence-corrected chi connectivity index (χ1v) is 8.03. The Morgan fingerprint density at radius 3 is 2.21 bits per heavy atom. The molecule has 1 N–H and O–H groups in total. The van der Waals surface area contributed by atoms with Crippen LogP contribution in [0.25, 0.3) is 0 Å². The summed E-state index contributed by atoms with van der Waals surface area (Å²) in [6, 6.07) is 6.25. The lowest BCUT2D eigenvalue weighted by molar-refractivity contribution is -0.136. The fraction of sp³-hybridized carbons (Fsp3) is 0.417. The van der Waals surface area contributed by atoms with Crippen LogP contribution in [0.15, 0.2) is 34.1 Å². The molecule has 19 heavy (non-hydrogen) atoms. The first-order chi connectivity index (χ1) is 8.78. The van der Waals surface area contributed by atoms with E-state index in [1.807, 2.05) is 0 Å². The predicted molar refractivity (Wildman–Crippen MR) is 74.9 cm³/mol. The molecule has 0 saturated heterocycles. The van der Waals surface area contributed by atoms with Gasteiger partial charge in [-0.3, -0.25) is 4.79 Å². The zero-order valence-corrected chi connectivity index (χ0v) is 12.7. The van der Waals surface area contributed by atoms with Crippen LogP contribution in [0.1, 0.15) is 13.3 Å². The molecule has 0 aliphatic carbocycles. The number of benzene rings is 1. The third kappa shape index (κ3) is 3.95. The van der Waals surface area contributed by atoms with E-state index in [1.165, 1.54) is 38.0 Å². The predicted octanol–water partition coefficient (Wildman–Crippen LogP) is 1.89. The van der Waals surface area contributed by atoms with Gasteiger partial charge >= 0.3 is 5.97 Å². The minimum atomic E-state index is -3.44. The molecule has 1 unspecified atom stereocenters. The second kappa shape index (κ2) is 6.40. The fourth-order valence-electron chi connectivity index (χ4n) is 1.37. The molecule has 7 heteroatoms. The molecule has 5 nitrogen and oxygen atoms in total. The Bertz CT molecular complexity index is 537. The second-order valence-corrected chi connectivity index (χ2v) is 7.54. The number of nitrogens with zero attached hydrogens (tertiary/aromatic N) is 1. The molecule has 1 aromatic carbocycles. The second-order valence-electron chi connectivity index (χ2n) is 4.11. The van der Waals surface area contributed by atoms with Crippen LogP contribution in [0.4, 0.5) is 0 Å². The maximum Gasteiger partial charge on any atom is 0.316 e. The molecule has 0 amide bonds. The topological polar surface area (TPSA) is 74.7 Å². The molecule has 106 valence electrons. The van der Waals surface area contributed by atoms with Gasteiger partial charge in [-0.15, -0.1) is 11.8 Å². The zero-order valence-electron chi connectivity index (χ0n) is 11.0. The number of carboxylic acids is 1. The molecule has 0 spiro atoms. The van der Waals surface area contributed by atoms with Crippen LogP contribution < -0.4 is 0 Å². The van der Waals surface area contributed by atoms with Gasteiger partial charge in [0, 0.05) is 19.0 Å². The maximum atomic E-state index is 11.9. The standard InChI is InChI=1S/C12H17NO4S2/c1-4-11(12(14)15)18-9-5-7-10(8-6-9)19(16,17)13(2)3/h5-8,11H,4H2,1-3H3,(H,14,15). The van der Waals surface area contributed by atoms with Crippen LogP contribution >= 0.6 is 11.8 Å². The van der Waals surface area contributed by atoms with Crippen molar-refractivity contribution in [3.63, 3.8) is 0 Å². The molecule has 0 fully saturated rings. The first-order valence-electron chi connectivity index (χ1n) is 5.71. The highest BCUT2D eigenvalue weighted by Gasteiger charge is 2.19. The molecule has 0 aromatic heterocycles. The van der Waals surface area contributed by atoms with Crippen LogP contribution in [0, 0.1) is 0 Å². The summed E-state index contributed by atoms with van der Waals surface area (Å²) in [4.78, 5) is 11.9. The van der Waals surface area contributed by atoms with E-state index in [1.54, 1.807) is 19.1 Å². The van der Waals surface area contributed by atoms with Crippen molar-refractivity contribution in [1.82, 2.24) is 4.31 Å². The van der Waals surface area contributed by atoms with Gasteiger partial charge in [0.1, 0.15) is 5.25 Å². The van der Waals surface area contributed by atoms with E-state index in [-0.39, 0.29) is 4.90 Å². The monoisotopic (exact) mass is 303 g/mol. The summed E-state index contributed by atoms with van der Waals surface area (Å²) in [6.07, 6.45) is 0.512. The van der Waals surface area contributed by atoms with Gasteiger partial charge in [-0.1, -0.05) is 6.92 Å². The lowest BCUT2D eigenvalue weighted by Crippen LogP contribution is -2.22. The largest absolute Gasteiger partial charge is 0.480 e. The van der Waals surface area contributed by atoms with E-state index in [0.29, 0.717) is 6.42 Å². The van der Waals surface area contributed by atoms with E-state index < -0.39 is 21.2 Å². The van der Waals surface area contributed by atoms with Crippen LogP contribution in [-0.2, 0) is 14.8 Å². The van der Waals surface area contributed by atoms with E-state index in [9.17, 15) is 13.2 Å². The Balaban J connectivity index is 2.92. The highest BCUT2D eigenvalue weighted by atomic mass is 32.2. The summed E-state index contributed by atoms with van der Waals surface area (Å²) in [5, 5.41) is 8.45. The number of hydrogen-bond donors (Lipinski definition) is 1. The van der Waals surface area contributed by atoms with Gasteiger partial charge in [-0.2, -0.15) is 0 Å². The highest BCUT2D eigenvalue weighted by molar-refractivity contribution is 8.00. The molecule has 0 heterocycles. The normalized spacial score (nSPS) is 13.5. The number of sulfonamides is 1. The molecule has 0 aliphatic heterocycles. The van der Waals surface area contributed by atoms with E-state index in [2.05, 4.69) is 0 Å². The van der Waals surface area contributed by atoms with Crippen molar-refractivity contribution >= 4 is 27.8 Å². The average Bonchev–Trinajstić information content (AvgIpc) is 2.35. The van der Waals surface area contributed by atoms with Crippen LogP contribution in [-0.4, -0.2) is 43.1 Å². The van der Waals surface area contributed by atoms with Crippen molar-refractivity contribution in [3.05, 3.63) is 24.3 Å². The smallest absolute Gasteiger partial charge is 0.316 e. The molecule has 0 aliphatic rings. The van der Waals surface area contributed by atoms with Gasteiger partial charge < -0.3 is 5.11 Å². The zero-order chi connectivity index (χ0) is 14.6. The Hall–Kier alpha value is -1.05. The SMILES string of the molecule is CCC(Sc1ccc(S(=O)(=O)N(C)C)cc1)C(=O)O. The molecule has 0 radical (unpaired) electrons. The van der Waals surface area contributed by atoms with E-state index >= 15 is 0 Å². The van der Waals surface area contributed by atoms with Crippen LogP contribution in [0.5, 0.6) is 0 Å². The number of hydrogen-bond acceptors (Lipinski definition) is 4. The number of carboxylic acid groups (broad SMARTS) is 1. The van der Waals surface area contributed by atoms with Crippen molar-refractivity contribution in [1.29, 1.82) is 0 Å². The summed E-state index contributed by atoms with van der Waals surface area (Å²) >= 11 is 1.22. The van der Waals surface area contributed by atoms with Gasteiger partial charge in [0.15, 0.2) is 0 Å². The first kappa shape index (κ1) is 16.0. The summed E-state index contributed by atoms with van der Waals surface area (Å²) in [6.45, 7) is 1.80. The Kier molecular flexibility index (Phi) is 5.39. The van der Waals surface area contributed by atoms with E-state index in [4.69, 9.17) is 5.11 Å². The molecular formula is C12H17NO4S2. The molecule has 0 bridgehead atoms.